The Morgan fingerprint density at radius 1 is 1.50 bits per heavy atom. The van der Waals surface area contributed by atoms with Gasteiger partial charge in [0.05, 0.1) is 12.1 Å². The van der Waals surface area contributed by atoms with E-state index in [0.717, 1.165) is 22.6 Å². The van der Waals surface area contributed by atoms with Crippen molar-refractivity contribution in [3.05, 3.63) is 17.0 Å². The monoisotopic (exact) mass is 318 g/mol. The molecule has 1 amide bonds. The molecule has 1 aromatic heterocycles. The van der Waals surface area contributed by atoms with E-state index in [1.165, 1.54) is 6.07 Å². The van der Waals surface area contributed by atoms with Crippen LogP contribution < -0.4 is 10.5 Å². The smallest absolute Gasteiger partial charge is 0.249 e. The molecule has 1 aliphatic rings. The standard InChI is InChI=1S/C12H18N2O4S2/c1-7-3-4-9(18-7)12(15)14-8(2)10-5-6-11(19-10)20(13,16)17/h5-9H,3-4H2,1-2H3,(H,14,15)(H2,13,16,17). The number of thiophene rings is 1. The summed E-state index contributed by atoms with van der Waals surface area (Å²) in [5.41, 5.74) is 0. The van der Waals surface area contributed by atoms with Gasteiger partial charge >= 0.3 is 0 Å². The molecule has 2 heterocycles. The fourth-order valence-corrected chi connectivity index (χ4v) is 3.84. The lowest BCUT2D eigenvalue weighted by atomic mass is 10.2. The molecule has 0 radical (unpaired) electrons. The van der Waals surface area contributed by atoms with E-state index >= 15 is 0 Å². The van der Waals surface area contributed by atoms with Crippen LogP contribution in [-0.2, 0) is 19.6 Å². The van der Waals surface area contributed by atoms with Gasteiger partial charge < -0.3 is 10.1 Å². The molecular weight excluding hydrogens is 300 g/mol. The molecule has 20 heavy (non-hydrogen) atoms. The zero-order chi connectivity index (χ0) is 14.9. The topological polar surface area (TPSA) is 98.5 Å². The van der Waals surface area contributed by atoms with Gasteiger partial charge in [-0.1, -0.05) is 0 Å². The maximum atomic E-state index is 12.0. The van der Waals surface area contributed by atoms with Gasteiger partial charge in [0.2, 0.25) is 15.9 Å². The number of nitrogens with two attached hydrogens (primary N) is 1. The molecule has 0 spiro atoms. The van der Waals surface area contributed by atoms with E-state index in [0.29, 0.717) is 6.42 Å². The first-order valence-corrected chi connectivity index (χ1v) is 8.72. The molecule has 3 unspecified atom stereocenters. The summed E-state index contributed by atoms with van der Waals surface area (Å²) in [7, 11) is -3.69. The molecule has 0 aliphatic carbocycles. The Morgan fingerprint density at radius 2 is 2.20 bits per heavy atom. The Kier molecular flexibility index (Phi) is 4.48. The van der Waals surface area contributed by atoms with Gasteiger partial charge in [0.1, 0.15) is 10.3 Å². The predicted octanol–water partition coefficient (Wildman–Crippen LogP) is 1.14. The fourth-order valence-electron chi connectivity index (χ4n) is 2.09. The van der Waals surface area contributed by atoms with Crippen LogP contribution in [0.3, 0.4) is 0 Å². The van der Waals surface area contributed by atoms with Crippen molar-refractivity contribution in [1.29, 1.82) is 0 Å². The van der Waals surface area contributed by atoms with Crippen molar-refractivity contribution in [1.82, 2.24) is 5.32 Å². The van der Waals surface area contributed by atoms with E-state index in [4.69, 9.17) is 9.88 Å². The molecule has 2 rings (SSSR count). The number of nitrogens with one attached hydrogen (secondary N) is 1. The maximum Gasteiger partial charge on any atom is 0.249 e. The van der Waals surface area contributed by atoms with E-state index in [1.54, 1.807) is 13.0 Å². The average Bonchev–Trinajstić information content (AvgIpc) is 2.95. The van der Waals surface area contributed by atoms with Crippen LogP contribution in [0.1, 0.15) is 37.6 Å². The van der Waals surface area contributed by atoms with Crippen molar-refractivity contribution < 1.29 is 17.9 Å². The predicted molar refractivity (Wildman–Crippen MR) is 75.8 cm³/mol. The molecule has 1 aromatic rings. The Balaban J connectivity index is 1.99. The lowest BCUT2D eigenvalue weighted by molar-refractivity contribution is -0.132. The van der Waals surface area contributed by atoms with Crippen LogP contribution in [0.5, 0.6) is 0 Å². The number of carbonyl (C=O) groups is 1. The third-order valence-corrected chi connectivity index (χ3v) is 5.90. The van der Waals surface area contributed by atoms with Gasteiger partial charge in [-0.3, -0.25) is 4.79 Å². The first-order chi connectivity index (χ1) is 9.27. The van der Waals surface area contributed by atoms with Crippen LogP contribution in [0.25, 0.3) is 0 Å². The molecule has 1 saturated heterocycles. The number of sulfonamides is 1. The Morgan fingerprint density at radius 3 is 2.70 bits per heavy atom. The molecule has 0 saturated carbocycles. The lowest BCUT2D eigenvalue weighted by Gasteiger charge is -2.16. The Hall–Kier alpha value is -0.960. The van der Waals surface area contributed by atoms with Gasteiger partial charge in [-0.25, -0.2) is 13.6 Å². The fraction of sp³-hybridized carbons (Fsp3) is 0.583. The van der Waals surface area contributed by atoms with E-state index in [2.05, 4.69) is 5.32 Å². The second kappa shape index (κ2) is 5.80. The van der Waals surface area contributed by atoms with Gasteiger partial charge in [-0.05, 0) is 38.8 Å². The summed E-state index contributed by atoms with van der Waals surface area (Å²) in [4.78, 5) is 12.7. The van der Waals surface area contributed by atoms with E-state index in [-0.39, 0.29) is 22.3 Å². The number of primary sulfonamides is 1. The minimum Gasteiger partial charge on any atom is -0.365 e. The van der Waals surface area contributed by atoms with Crippen LogP contribution in [0.15, 0.2) is 16.3 Å². The van der Waals surface area contributed by atoms with Crippen molar-refractivity contribution in [3.63, 3.8) is 0 Å². The van der Waals surface area contributed by atoms with Gasteiger partial charge in [0.25, 0.3) is 0 Å². The Bertz CT molecular complexity index is 596. The molecule has 8 heteroatoms. The second-order valence-corrected chi connectivity index (χ2v) is 7.85. The van der Waals surface area contributed by atoms with Crippen LogP contribution in [0, 0.1) is 0 Å². The highest BCUT2D eigenvalue weighted by atomic mass is 32.2. The Labute approximate surface area is 122 Å². The normalized spacial score (nSPS) is 24.6. The van der Waals surface area contributed by atoms with Crippen LogP contribution >= 0.6 is 11.3 Å². The largest absolute Gasteiger partial charge is 0.365 e. The molecule has 6 nitrogen and oxygen atoms in total. The first kappa shape index (κ1) is 15.4. The van der Waals surface area contributed by atoms with E-state index in [1.807, 2.05) is 6.92 Å². The quantitative estimate of drug-likeness (QED) is 0.869. The number of ether oxygens (including phenoxy) is 1. The molecule has 1 fully saturated rings. The third kappa shape index (κ3) is 3.57. The molecule has 3 N–H and O–H groups in total. The van der Waals surface area contributed by atoms with Crippen LogP contribution in [0.2, 0.25) is 0 Å². The molecule has 1 aliphatic heterocycles. The van der Waals surface area contributed by atoms with Crippen molar-refractivity contribution in [2.45, 2.75) is 49.1 Å². The minimum absolute atomic E-state index is 0.0966. The van der Waals surface area contributed by atoms with Gasteiger partial charge in [-0.2, -0.15) is 0 Å². The summed E-state index contributed by atoms with van der Waals surface area (Å²) in [5.74, 6) is -0.160. The minimum atomic E-state index is -3.69. The lowest BCUT2D eigenvalue weighted by Crippen LogP contribution is -2.35. The summed E-state index contributed by atoms with van der Waals surface area (Å²) in [6.07, 6.45) is 1.29. The number of hydrogen-bond donors (Lipinski definition) is 2. The highest BCUT2D eigenvalue weighted by molar-refractivity contribution is 7.91. The number of amides is 1. The second-order valence-electron chi connectivity index (χ2n) is 4.94. The third-order valence-electron chi connectivity index (χ3n) is 3.19. The van der Waals surface area contributed by atoms with Crippen LogP contribution in [0.4, 0.5) is 0 Å². The molecule has 0 aromatic carbocycles. The van der Waals surface area contributed by atoms with Crippen LogP contribution in [-0.4, -0.2) is 26.5 Å². The first-order valence-electron chi connectivity index (χ1n) is 6.35. The zero-order valence-electron chi connectivity index (χ0n) is 11.3. The van der Waals surface area contributed by atoms with Crippen molar-refractivity contribution >= 4 is 27.3 Å². The van der Waals surface area contributed by atoms with E-state index < -0.39 is 16.1 Å². The molecule has 3 atom stereocenters. The number of rotatable bonds is 4. The van der Waals surface area contributed by atoms with Crippen molar-refractivity contribution in [2.75, 3.05) is 0 Å². The summed E-state index contributed by atoms with van der Waals surface area (Å²) < 4.78 is 28.0. The van der Waals surface area contributed by atoms with E-state index in [9.17, 15) is 13.2 Å². The summed E-state index contributed by atoms with van der Waals surface area (Å²) in [5, 5.41) is 7.90. The maximum absolute atomic E-state index is 12.0. The SMILES string of the molecule is CC1CCC(C(=O)NC(C)c2ccc(S(N)(=O)=O)s2)O1. The highest BCUT2D eigenvalue weighted by Gasteiger charge is 2.29. The van der Waals surface area contributed by atoms with Crippen molar-refractivity contribution in [2.24, 2.45) is 5.14 Å². The molecular formula is C12H18N2O4S2. The van der Waals surface area contributed by atoms with Crippen molar-refractivity contribution in [3.8, 4) is 0 Å². The number of hydrogen-bond acceptors (Lipinski definition) is 5. The van der Waals surface area contributed by atoms with Gasteiger partial charge in [0.15, 0.2) is 0 Å². The molecule has 112 valence electrons. The zero-order valence-corrected chi connectivity index (χ0v) is 13.0. The summed E-state index contributed by atoms with van der Waals surface area (Å²) in [6.45, 7) is 3.74. The summed E-state index contributed by atoms with van der Waals surface area (Å²) in [6, 6.07) is 2.84. The highest BCUT2D eigenvalue weighted by Crippen LogP contribution is 2.26. The summed E-state index contributed by atoms with van der Waals surface area (Å²) >= 11 is 1.06. The van der Waals surface area contributed by atoms with Gasteiger partial charge in [0, 0.05) is 4.88 Å². The number of carbonyl (C=O) groups excluding carboxylic acids is 1. The molecule has 0 bridgehead atoms. The van der Waals surface area contributed by atoms with Gasteiger partial charge in [-0.15, -0.1) is 11.3 Å². The average molecular weight is 318 g/mol.